The molecule has 9 nitrogen and oxygen atoms in total. The summed E-state index contributed by atoms with van der Waals surface area (Å²) < 4.78 is 11.7. The van der Waals surface area contributed by atoms with Crippen molar-refractivity contribution >= 4 is 33.2 Å². The van der Waals surface area contributed by atoms with E-state index in [0.717, 1.165) is 21.8 Å². The van der Waals surface area contributed by atoms with Crippen molar-refractivity contribution in [2.24, 2.45) is 0 Å². The molecule has 5 aromatic rings. The first-order chi connectivity index (χ1) is 16.0. The quantitative estimate of drug-likeness (QED) is 0.231. The average Bonchev–Trinajstić information content (AvgIpc) is 3.17. The van der Waals surface area contributed by atoms with Crippen LogP contribution in [-0.4, -0.2) is 14.8 Å². The van der Waals surface area contributed by atoms with E-state index in [9.17, 15) is 20.2 Å². The fourth-order valence-electron chi connectivity index (χ4n) is 3.53. The second kappa shape index (κ2) is 7.97. The van der Waals surface area contributed by atoms with E-state index >= 15 is 0 Å². The lowest BCUT2D eigenvalue weighted by molar-refractivity contribution is -0.385. The number of ether oxygens (including phenoxy) is 2. The number of rotatable bonds is 6. The molecule has 9 heteroatoms. The Labute approximate surface area is 186 Å². The summed E-state index contributed by atoms with van der Waals surface area (Å²) in [6.45, 7) is 0. The van der Waals surface area contributed by atoms with Gasteiger partial charge >= 0.3 is 0 Å². The Hall–Kier alpha value is -4.92. The SMILES string of the molecule is O=[N+]([O-])c1ccc(Oc2ccc3[nH]c4ccc(Oc5ccc([N+](=O)[O-])cc5)cc4c3c2)cc1. The zero-order valence-corrected chi connectivity index (χ0v) is 16.9. The third-order valence-electron chi connectivity index (χ3n) is 5.11. The standard InChI is InChI=1S/C24H15N3O6/c28-26(29)15-1-5-17(6-2-15)32-19-9-11-23-21(13-19)22-14-20(10-12-24(22)25-23)33-18-7-3-16(4-8-18)27(30)31/h1-14,25H. The maximum atomic E-state index is 10.8. The zero-order chi connectivity index (χ0) is 22.9. The Morgan fingerprint density at radius 3 is 1.27 bits per heavy atom. The van der Waals surface area contributed by atoms with Gasteiger partial charge in [-0.05, 0) is 60.7 Å². The molecule has 0 fully saturated rings. The fraction of sp³-hybridized carbons (Fsp3) is 0. The molecule has 0 aliphatic rings. The average molecular weight is 441 g/mol. The molecule has 0 aliphatic heterocycles. The molecule has 0 saturated carbocycles. The molecule has 0 bridgehead atoms. The second-order valence-electron chi connectivity index (χ2n) is 7.25. The maximum Gasteiger partial charge on any atom is 0.269 e. The Kier molecular flexibility index (Phi) is 4.83. The van der Waals surface area contributed by atoms with Gasteiger partial charge in [0, 0.05) is 46.1 Å². The van der Waals surface area contributed by atoms with E-state index in [1.807, 2.05) is 36.4 Å². The number of hydrogen-bond acceptors (Lipinski definition) is 6. The largest absolute Gasteiger partial charge is 0.457 e. The molecule has 1 aromatic heterocycles. The molecule has 0 atom stereocenters. The van der Waals surface area contributed by atoms with Crippen LogP contribution in [0.25, 0.3) is 21.8 Å². The summed E-state index contributed by atoms with van der Waals surface area (Å²) in [5, 5.41) is 23.5. The number of nitrogens with zero attached hydrogens (tertiary/aromatic N) is 2. The summed E-state index contributed by atoms with van der Waals surface area (Å²) in [4.78, 5) is 24.1. The highest BCUT2D eigenvalue weighted by Crippen LogP contribution is 2.34. The van der Waals surface area contributed by atoms with Gasteiger partial charge in [0.15, 0.2) is 0 Å². The van der Waals surface area contributed by atoms with Gasteiger partial charge in [-0.15, -0.1) is 0 Å². The number of aromatic nitrogens is 1. The monoisotopic (exact) mass is 441 g/mol. The number of benzene rings is 4. The molecule has 0 radical (unpaired) electrons. The van der Waals surface area contributed by atoms with Crippen molar-refractivity contribution in [2.45, 2.75) is 0 Å². The van der Waals surface area contributed by atoms with Gasteiger partial charge in [-0.1, -0.05) is 0 Å². The van der Waals surface area contributed by atoms with Gasteiger partial charge < -0.3 is 14.5 Å². The predicted octanol–water partition coefficient (Wildman–Crippen LogP) is 6.72. The van der Waals surface area contributed by atoms with Crippen LogP contribution in [0.2, 0.25) is 0 Å². The number of aromatic amines is 1. The van der Waals surface area contributed by atoms with Crippen molar-refractivity contribution in [3.05, 3.63) is 105 Å². The molecule has 0 aliphatic carbocycles. The highest BCUT2D eigenvalue weighted by Gasteiger charge is 2.10. The summed E-state index contributed by atoms with van der Waals surface area (Å²) in [5.41, 5.74) is 1.81. The lowest BCUT2D eigenvalue weighted by Gasteiger charge is -2.06. The van der Waals surface area contributed by atoms with Crippen molar-refractivity contribution in [3.8, 4) is 23.0 Å². The minimum absolute atomic E-state index is 0.00465. The second-order valence-corrected chi connectivity index (χ2v) is 7.25. The van der Waals surface area contributed by atoms with Crippen molar-refractivity contribution in [3.63, 3.8) is 0 Å². The van der Waals surface area contributed by atoms with E-state index in [1.54, 1.807) is 24.3 Å². The molecular weight excluding hydrogens is 426 g/mol. The predicted molar refractivity (Wildman–Crippen MR) is 122 cm³/mol. The molecular formula is C24H15N3O6. The third kappa shape index (κ3) is 4.02. The summed E-state index contributed by atoms with van der Waals surface area (Å²) in [6.07, 6.45) is 0. The van der Waals surface area contributed by atoms with Crippen LogP contribution in [0.5, 0.6) is 23.0 Å². The lowest BCUT2D eigenvalue weighted by atomic mass is 10.1. The molecule has 1 heterocycles. The van der Waals surface area contributed by atoms with Crippen molar-refractivity contribution in [2.75, 3.05) is 0 Å². The van der Waals surface area contributed by atoms with Crippen LogP contribution in [0.15, 0.2) is 84.9 Å². The van der Waals surface area contributed by atoms with Crippen LogP contribution in [0.4, 0.5) is 11.4 Å². The zero-order valence-electron chi connectivity index (χ0n) is 16.9. The minimum Gasteiger partial charge on any atom is -0.457 e. The molecule has 162 valence electrons. The summed E-state index contributed by atoms with van der Waals surface area (Å²) in [7, 11) is 0. The van der Waals surface area contributed by atoms with E-state index in [1.165, 1.54) is 24.3 Å². The Morgan fingerprint density at radius 2 is 0.909 bits per heavy atom. The van der Waals surface area contributed by atoms with Gasteiger partial charge in [0.05, 0.1) is 9.85 Å². The number of nitro groups is 2. The number of hydrogen-bond donors (Lipinski definition) is 1. The maximum absolute atomic E-state index is 10.8. The van der Waals surface area contributed by atoms with Crippen molar-refractivity contribution < 1.29 is 19.3 Å². The summed E-state index contributed by atoms with van der Waals surface area (Å²) in [5.74, 6) is 2.14. The number of non-ortho nitro benzene ring substituents is 2. The van der Waals surface area contributed by atoms with Gasteiger partial charge in [0.1, 0.15) is 23.0 Å². The molecule has 1 N–H and O–H groups in total. The number of nitrogens with one attached hydrogen (secondary N) is 1. The number of fused-ring (bicyclic) bond motifs is 3. The molecule has 5 rings (SSSR count). The molecule has 0 unspecified atom stereocenters. The molecule has 0 spiro atoms. The van der Waals surface area contributed by atoms with Crippen LogP contribution in [-0.2, 0) is 0 Å². The van der Waals surface area contributed by atoms with Gasteiger partial charge in [-0.2, -0.15) is 0 Å². The van der Waals surface area contributed by atoms with Gasteiger partial charge in [-0.25, -0.2) is 0 Å². The Bertz CT molecular complexity index is 1390. The Morgan fingerprint density at radius 1 is 0.545 bits per heavy atom. The smallest absolute Gasteiger partial charge is 0.269 e. The van der Waals surface area contributed by atoms with Crippen molar-refractivity contribution in [1.29, 1.82) is 0 Å². The fourth-order valence-corrected chi connectivity index (χ4v) is 3.53. The highest BCUT2D eigenvalue weighted by atomic mass is 16.6. The van der Waals surface area contributed by atoms with Gasteiger partial charge in [0.2, 0.25) is 0 Å². The van der Waals surface area contributed by atoms with E-state index in [2.05, 4.69) is 4.98 Å². The van der Waals surface area contributed by atoms with E-state index in [-0.39, 0.29) is 11.4 Å². The molecule has 0 amide bonds. The minimum atomic E-state index is -0.460. The Balaban J connectivity index is 1.44. The third-order valence-corrected chi connectivity index (χ3v) is 5.11. The number of H-pyrrole nitrogens is 1. The molecule has 4 aromatic carbocycles. The normalized spacial score (nSPS) is 10.9. The van der Waals surface area contributed by atoms with Crippen LogP contribution >= 0.6 is 0 Å². The first kappa shape index (κ1) is 20.0. The molecule has 33 heavy (non-hydrogen) atoms. The summed E-state index contributed by atoms with van der Waals surface area (Å²) >= 11 is 0. The topological polar surface area (TPSA) is 121 Å². The van der Waals surface area contributed by atoms with Crippen LogP contribution < -0.4 is 9.47 Å². The van der Waals surface area contributed by atoms with E-state index in [4.69, 9.17) is 9.47 Å². The number of nitro benzene ring substituents is 2. The first-order valence-electron chi connectivity index (χ1n) is 9.86. The first-order valence-corrected chi connectivity index (χ1v) is 9.86. The van der Waals surface area contributed by atoms with Crippen LogP contribution in [0.1, 0.15) is 0 Å². The van der Waals surface area contributed by atoms with Crippen molar-refractivity contribution in [1.82, 2.24) is 4.98 Å². The van der Waals surface area contributed by atoms with Crippen LogP contribution in [0, 0.1) is 20.2 Å². The van der Waals surface area contributed by atoms with E-state index < -0.39 is 9.85 Å². The lowest BCUT2D eigenvalue weighted by Crippen LogP contribution is -1.88. The summed E-state index contributed by atoms with van der Waals surface area (Å²) in [6, 6.07) is 22.9. The van der Waals surface area contributed by atoms with E-state index in [0.29, 0.717) is 23.0 Å². The molecule has 0 saturated heterocycles. The van der Waals surface area contributed by atoms with Gasteiger partial charge in [-0.3, -0.25) is 20.2 Å². The van der Waals surface area contributed by atoms with Crippen LogP contribution in [0.3, 0.4) is 0 Å². The highest BCUT2D eigenvalue weighted by molar-refractivity contribution is 6.08. The van der Waals surface area contributed by atoms with Gasteiger partial charge in [0.25, 0.3) is 11.4 Å².